The molecule has 1 aromatic heterocycles. The number of fused-ring (bicyclic) bond motifs is 3. The van der Waals surface area contributed by atoms with Crippen LogP contribution in [0.15, 0.2) is 42.5 Å². The standard InChI is InChI=1S/C13H12NP/c1-14-12-5-3-2-4-10(12)11-8-9(15)6-7-13(11)14/h2-8H,15H2,1H3. The Morgan fingerprint density at radius 1 is 0.933 bits per heavy atom. The summed E-state index contributed by atoms with van der Waals surface area (Å²) >= 11 is 0. The Hall–Kier alpha value is -1.33. The minimum absolute atomic E-state index is 1.24. The second kappa shape index (κ2) is 3.08. The fraction of sp³-hybridized carbons (Fsp3) is 0.0769. The highest BCUT2D eigenvalue weighted by Gasteiger charge is 2.06. The average Bonchev–Trinajstić information content (AvgIpc) is 2.54. The number of nitrogens with zero attached hydrogens (tertiary/aromatic N) is 1. The van der Waals surface area contributed by atoms with Crippen LogP contribution >= 0.6 is 9.24 Å². The Kier molecular flexibility index (Phi) is 1.83. The molecular formula is C13H12NP. The van der Waals surface area contributed by atoms with Crippen molar-refractivity contribution in [3.8, 4) is 0 Å². The third-order valence-electron chi connectivity index (χ3n) is 2.94. The first-order chi connectivity index (χ1) is 7.27. The Labute approximate surface area is 90.9 Å². The van der Waals surface area contributed by atoms with Crippen molar-refractivity contribution in [1.29, 1.82) is 0 Å². The van der Waals surface area contributed by atoms with Crippen LogP contribution in [0.5, 0.6) is 0 Å². The maximum absolute atomic E-state index is 2.75. The maximum atomic E-state index is 2.75. The number of rotatable bonds is 0. The van der Waals surface area contributed by atoms with Crippen molar-refractivity contribution < 1.29 is 0 Å². The molecule has 0 aliphatic heterocycles. The topological polar surface area (TPSA) is 4.93 Å². The van der Waals surface area contributed by atoms with Crippen LogP contribution in [0.2, 0.25) is 0 Å². The summed E-state index contributed by atoms with van der Waals surface area (Å²) in [7, 11) is 4.87. The summed E-state index contributed by atoms with van der Waals surface area (Å²) in [6.07, 6.45) is 0. The number of hydrogen-bond acceptors (Lipinski definition) is 0. The molecule has 15 heavy (non-hydrogen) atoms. The highest BCUT2D eigenvalue weighted by molar-refractivity contribution is 7.27. The number of aromatic nitrogens is 1. The minimum atomic E-state index is 1.24. The third kappa shape index (κ3) is 1.20. The zero-order valence-corrected chi connectivity index (χ0v) is 9.72. The summed E-state index contributed by atoms with van der Waals surface area (Å²) in [6.45, 7) is 0. The molecule has 2 aromatic carbocycles. The molecule has 0 aliphatic rings. The first-order valence-electron chi connectivity index (χ1n) is 5.00. The molecule has 1 atom stereocenters. The number of hydrogen-bond donors (Lipinski definition) is 0. The van der Waals surface area contributed by atoms with E-state index >= 15 is 0 Å². The van der Waals surface area contributed by atoms with Gasteiger partial charge in [-0.25, -0.2) is 0 Å². The second-order valence-corrected chi connectivity index (χ2v) is 4.52. The van der Waals surface area contributed by atoms with Gasteiger partial charge in [-0.3, -0.25) is 0 Å². The van der Waals surface area contributed by atoms with E-state index in [0.29, 0.717) is 0 Å². The van der Waals surface area contributed by atoms with Crippen molar-refractivity contribution in [1.82, 2.24) is 4.57 Å². The van der Waals surface area contributed by atoms with Gasteiger partial charge in [-0.2, -0.15) is 0 Å². The lowest BCUT2D eigenvalue weighted by atomic mass is 10.1. The van der Waals surface area contributed by atoms with Gasteiger partial charge in [-0.1, -0.05) is 24.3 Å². The Bertz CT molecular complexity index is 652. The van der Waals surface area contributed by atoms with Gasteiger partial charge in [0.05, 0.1) is 0 Å². The smallest absolute Gasteiger partial charge is 0.0489 e. The summed E-state index contributed by atoms with van der Waals surface area (Å²) in [5.41, 5.74) is 2.59. The number of para-hydroxylation sites is 1. The third-order valence-corrected chi connectivity index (χ3v) is 3.30. The minimum Gasteiger partial charge on any atom is -0.344 e. The van der Waals surface area contributed by atoms with Crippen molar-refractivity contribution >= 4 is 36.4 Å². The van der Waals surface area contributed by atoms with E-state index in [9.17, 15) is 0 Å². The van der Waals surface area contributed by atoms with Crippen LogP contribution in [0.25, 0.3) is 21.8 Å². The Morgan fingerprint density at radius 3 is 2.53 bits per heavy atom. The van der Waals surface area contributed by atoms with Crippen LogP contribution in [-0.2, 0) is 7.05 Å². The molecule has 0 amide bonds. The van der Waals surface area contributed by atoms with E-state index in [0.717, 1.165) is 0 Å². The summed E-state index contributed by atoms with van der Waals surface area (Å²) < 4.78 is 2.24. The van der Waals surface area contributed by atoms with Crippen molar-refractivity contribution in [3.63, 3.8) is 0 Å². The van der Waals surface area contributed by atoms with E-state index < -0.39 is 0 Å². The van der Waals surface area contributed by atoms with Crippen LogP contribution < -0.4 is 5.30 Å². The van der Waals surface area contributed by atoms with E-state index in [2.05, 4.69) is 63.3 Å². The van der Waals surface area contributed by atoms with Gasteiger partial charge in [-0.05, 0) is 23.5 Å². The molecule has 1 unspecified atom stereocenters. The van der Waals surface area contributed by atoms with Crippen LogP contribution in [-0.4, -0.2) is 4.57 Å². The fourth-order valence-corrected chi connectivity index (χ4v) is 2.45. The van der Waals surface area contributed by atoms with E-state index in [1.54, 1.807) is 0 Å². The number of benzene rings is 2. The van der Waals surface area contributed by atoms with Gasteiger partial charge in [0.1, 0.15) is 0 Å². The molecule has 0 N–H and O–H groups in total. The lowest BCUT2D eigenvalue weighted by molar-refractivity contribution is 1.01. The van der Waals surface area contributed by atoms with E-state index in [4.69, 9.17) is 0 Å². The van der Waals surface area contributed by atoms with Gasteiger partial charge in [0.15, 0.2) is 0 Å². The molecule has 1 nitrogen and oxygen atoms in total. The van der Waals surface area contributed by atoms with Crippen LogP contribution in [0.4, 0.5) is 0 Å². The SMILES string of the molecule is Cn1c2ccccc2c2cc(P)ccc21. The summed E-state index contributed by atoms with van der Waals surface area (Å²) in [5, 5.41) is 3.90. The molecule has 0 bridgehead atoms. The van der Waals surface area contributed by atoms with Crippen molar-refractivity contribution in [2.24, 2.45) is 7.05 Å². The molecule has 3 aromatic rings. The van der Waals surface area contributed by atoms with Gasteiger partial charge in [0.25, 0.3) is 0 Å². The molecular weight excluding hydrogens is 201 g/mol. The van der Waals surface area contributed by atoms with Crippen molar-refractivity contribution in [2.75, 3.05) is 0 Å². The molecule has 0 saturated carbocycles. The highest BCUT2D eigenvalue weighted by atomic mass is 31.0. The fourth-order valence-electron chi connectivity index (χ4n) is 2.19. The molecule has 2 heteroatoms. The average molecular weight is 213 g/mol. The molecule has 0 radical (unpaired) electrons. The van der Waals surface area contributed by atoms with Crippen LogP contribution in [0.3, 0.4) is 0 Å². The largest absolute Gasteiger partial charge is 0.344 e. The second-order valence-electron chi connectivity index (χ2n) is 3.85. The predicted molar refractivity (Wildman–Crippen MR) is 69.8 cm³/mol. The monoisotopic (exact) mass is 213 g/mol. The molecule has 3 rings (SSSR count). The van der Waals surface area contributed by atoms with Gasteiger partial charge in [0.2, 0.25) is 0 Å². The van der Waals surface area contributed by atoms with Gasteiger partial charge < -0.3 is 4.57 Å². The van der Waals surface area contributed by atoms with Crippen molar-refractivity contribution in [3.05, 3.63) is 42.5 Å². The lowest BCUT2D eigenvalue weighted by Gasteiger charge is -1.97. The normalized spacial score (nSPS) is 11.3. The Balaban J connectivity index is 2.64. The zero-order valence-electron chi connectivity index (χ0n) is 8.57. The molecule has 0 aliphatic carbocycles. The first kappa shape index (κ1) is 8.94. The van der Waals surface area contributed by atoms with E-state index in [1.807, 2.05) is 0 Å². The Morgan fingerprint density at radius 2 is 1.67 bits per heavy atom. The van der Waals surface area contributed by atoms with Crippen LogP contribution in [0, 0.1) is 0 Å². The molecule has 0 saturated heterocycles. The van der Waals surface area contributed by atoms with Gasteiger partial charge in [0, 0.05) is 28.9 Å². The predicted octanol–water partition coefficient (Wildman–Crippen LogP) is 2.83. The molecule has 74 valence electrons. The van der Waals surface area contributed by atoms with Crippen LogP contribution in [0.1, 0.15) is 0 Å². The zero-order chi connectivity index (χ0) is 10.4. The maximum Gasteiger partial charge on any atom is 0.0489 e. The summed E-state index contributed by atoms with van der Waals surface area (Å²) in [5.74, 6) is 0. The molecule has 0 spiro atoms. The van der Waals surface area contributed by atoms with E-state index in [-0.39, 0.29) is 0 Å². The summed E-state index contributed by atoms with van der Waals surface area (Å²) in [6, 6.07) is 15.1. The van der Waals surface area contributed by atoms with Gasteiger partial charge in [-0.15, -0.1) is 9.24 Å². The number of aryl methyl sites for hydroxylation is 1. The van der Waals surface area contributed by atoms with E-state index in [1.165, 1.54) is 27.1 Å². The quantitative estimate of drug-likeness (QED) is 0.506. The van der Waals surface area contributed by atoms with Gasteiger partial charge >= 0.3 is 0 Å². The van der Waals surface area contributed by atoms with Crippen molar-refractivity contribution in [2.45, 2.75) is 0 Å². The summed E-state index contributed by atoms with van der Waals surface area (Å²) in [4.78, 5) is 0. The molecule has 0 fully saturated rings. The first-order valence-corrected chi connectivity index (χ1v) is 5.58. The highest BCUT2D eigenvalue weighted by Crippen LogP contribution is 2.27. The molecule has 1 heterocycles. The lowest BCUT2D eigenvalue weighted by Crippen LogP contribution is -1.90.